The van der Waals surface area contributed by atoms with Crippen molar-refractivity contribution in [2.24, 2.45) is 0 Å². The van der Waals surface area contributed by atoms with Gasteiger partial charge in [0.15, 0.2) is 0 Å². The summed E-state index contributed by atoms with van der Waals surface area (Å²) in [5, 5.41) is 14.9. The van der Waals surface area contributed by atoms with E-state index in [1.807, 2.05) is 24.3 Å². The van der Waals surface area contributed by atoms with Crippen molar-refractivity contribution in [3.05, 3.63) is 28.7 Å². The lowest BCUT2D eigenvalue weighted by atomic mass is 10.2. The maximum atomic E-state index is 11.7. The summed E-state index contributed by atoms with van der Waals surface area (Å²) < 4.78 is 0.991. The highest BCUT2D eigenvalue weighted by atomic mass is 79.9. The summed E-state index contributed by atoms with van der Waals surface area (Å²) in [5.74, 6) is 0.423. The topological polar surface area (TPSA) is 72.7 Å². The number of benzene rings is 1. The van der Waals surface area contributed by atoms with Gasteiger partial charge in [0, 0.05) is 16.6 Å². The second-order valence-corrected chi connectivity index (χ2v) is 5.62. The standard InChI is InChI=1S/C14H18BrN5O/c1-2-3-4-9-16-13(21)10-20-18-14(17-19-20)11-5-7-12(15)8-6-11/h5-8H,2-4,9-10H2,1H3,(H,16,21). The minimum absolute atomic E-state index is 0.0918. The highest BCUT2D eigenvalue weighted by molar-refractivity contribution is 9.10. The smallest absolute Gasteiger partial charge is 0.243 e. The predicted octanol–water partition coefficient (Wildman–Crippen LogP) is 2.41. The molecule has 1 aromatic carbocycles. The first-order valence-electron chi connectivity index (χ1n) is 6.99. The zero-order chi connectivity index (χ0) is 15.1. The van der Waals surface area contributed by atoms with Crippen LogP contribution in [0.4, 0.5) is 0 Å². The Bertz CT molecular complexity index is 581. The number of tetrazole rings is 1. The Labute approximate surface area is 132 Å². The number of rotatable bonds is 7. The van der Waals surface area contributed by atoms with Crippen LogP contribution in [0, 0.1) is 0 Å². The minimum Gasteiger partial charge on any atom is -0.354 e. The minimum atomic E-state index is -0.0918. The molecule has 21 heavy (non-hydrogen) atoms. The molecule has 0 spiro atoms. The number of aromatic nitrogens is 4. The molecular formula is C14H18BrN5O. The average Bonchev–Trinajstić information content (AvgIpc) is 2.93. The summed E-state index contributed by atoms with van der Waals surface area (Å²) in [6.45, 7) is 2.92. The van der Waals surface area contributed by atoms with Gasteiger partial charge in [0.05, 0.1) is 0 Å². The number of halogens is 1. The lowest BCUT2D eigenvalue weighted by Gasteiger charge is -2.03. The molecule has 0 unspecified atom stereocenters. The molecule has 7 heteroatoms. The van der Waals surface area contributed by atoms with E-state index in [0.29, 0.717) is 12.4 Å². The van der Waals surface area contributed by atoms with E-state index in [2.05, 4.69) is 43.6 Å². The number of amides is 1. The van der Waals surface area contributed by atoms with Gasteiger partial charge in [-0.05, 0) is 35.9 Å². The molecule has 1 heterocycles. The molecule has 1 aromatic heterocycles. The van der Waals surface area contributed by atoms with Crippen LogP contribution in [0.3, 0.4) is 0 Å². The van der Waals surface area contributed by atoms with E-state index in [1.54, 1.807) is 0 Å². The Morgan fingerprint density at radius 2 is 2.05 bits per heavy atom. The maximum Gasteiger partial charge on any atom is 0.243 e. The second-order valence-electron chi connectivity index (χ2n) is 4.71. The number of carbonyl (C=O) groups excluding carboxylic acids is 1. The van der Waals surface area contributed by atoms with Crippen LogP contribution in [-0.4, -0.2) is 32.7 Å². The number of nitrogens with one attached hydrogen (secondary N) is 1. The molecule has 0 atom stereocenters. The van der Waals surface area contributed by atoms with Crippen LogP contribution in [0.1, 0.15) is 26.2 Å². The third-order valence-electron chi connectivity index (χ3n) is 2.94. The highest BCUT2D eigenvalue weighted by Gasteiger charge is 2.08. The van der Waals surface area contributed by atoms with Crippen molar-refractivity contribution in [3.8, 4) is 11.4 Å². The molecule has 112 valence electrons. The van der Waals surface area contributed by atoms with Gasteiger partial charge in [0.2, 0.25) is 11.7 Å². The molecular weight excluding hydrogens is 334 g/mol. The number of unbranched alkanes of at least 4 members (excludes halogenated alkanes) is 2. The molecule has 0 saturated carbocycles. The van der Waals surface area contributed by atoms with Crippen LogP contribution in [0.25, 0.3) is 11.4 Å². The van der Waals surface area contributed by atoms with Gasteiger partial charge >= 0.3 is 0 Å². The molecule has 0 bridgehead atoms. The second kappa shape index (κ2) is 7.87. The zero-order valence-electron chi connectivity index (χ0n) is 11.9. The van der Waals surface area contributed by atoms with Gasteiger partial charge in [-0.2, -0.15) is 4.80 Å². The van der Waals surface area contributed by atoms with Gasteiger partial charge in [-0.3, -0.25) is 4.79 Å². The van der Waals surface area contributed by atoms with E-state index in [9.17, 15) is 4.79 Å². The molecule has 0 fully saturated rings. The summed E-state index contributed by atoms with van der Waals surface area (Å²) >= 11 is 3.38. The Morgan fingerprint density at radius 3 is 2.76 bits per heavy atom. The quantitative estimate of drug-likeness (QED) is 0.777. The van der Waals surface area contributed by atoms with E-state index >= 15 is 0 Å². The summed E-state index contributed by atoms with van der Waals surface area (Å²) in [5.41, 5.74) is 0.868. The van der Waals surface area contributed by atoms with Crippen LogP contribution >= 0.6 is 15.9 Å². The van der Waals surface area contributed by atoms with Gasteiger partial charge in [0.1, 0.15) is 6.54 Å². The van der Waals surface area contributed by atoms with Crippen LogP contribution in [0.15, 0.2) is 28.7 Å². The van der Waals surface area contributed by atoms with Crippen molar-refractivity contribution < 1.29 is 4.79 Å². The van der Waals surface area contributed by atoms with Gasteiger partial charge in [-0.25, -0.2) is 0 Å². The third-order valence-corrected chi connectivity index (χ3v) is 3.47. The maximum absolute atomic E-state index is 11.7. The summed E-state index contributed by atoms with van der Waals surface area (Å²) in [6, 6.07) is 7.62. The first kappa shape index (κ1) is 15.6. The lowest BCUT2D eigenvalue weighted by molar-refractivity contribution is -0.122. The van der Waals surface area contributed by atoms with Crippen LogP contribution in [0.2, 0.25) is 0 Å². The van der Waals surface area contributed by atoms with Crippen LogP contribution in [-0.2, 0) is 11.3 Å². The van der Waals surface area contributed by atoms with Gasteiger partial charge in [-0.15, -0.1) is 10.2 Å². The molecule has 0 aliphatic rings. The SMILES string of the molecule is CCCCCNC(=O)Cn1nnc(-c2ccc(Br)cc2)n1. The fraction of sp³-hybridized carbons (Fsp3) is 0.429. The molecule has 1 amide bonds. The van der Waals surface area contributed by atoms with Crippen molar-refractivity contribution in [3.63, 3.8) is 0 Å². The van der Waals surface area contributed by atoms with Crippen LogP contribution < -0.4 is 5.32 Å². The molecule has 1 N–H and O–H groups in total. The van der Waals surface area contributed by atoms with E-state index in [0.717, 1.165) is 29.3 Å². The van der Waals surface area contributed by atoms with E-state index in [-0.39, 0.29) is 12.5 Å². The number of nitrogens with zero attached hydrogens (tertiary/aromatic N) is 4. The lowest BCUT2D eigenvalue weighted by Crippen LogP contribution is -2.29. The zero-order valence-corrected chi connectivity index (χ0v) is 13.5. The van der Waals surface area contributed by atoms with Crippen molar-refractivity contribution in [1.29, 1.82) is 0 Å². The Hall–Kier alpha value is -1.76. The Balaban J connectivity index is 1.88. The van der Waals surface area contributed by atoms with E-state index < -0.39 is 0 Å². The fourth-order valence-electron chi connectivity index (χ4n) is 1.81. The Morgan fingerprint density at radius 1 is 1.29 bits per heavy atom. The van der Waals surface area contributed by atoms with Crippen molar-refractivity contribution >= 4 is 21.8 Å². The van der Waals surface area contributed by atoms with Gasteiger partial charge < -0.3 is 5.32 Å². The van der Waals surface area contributed by atoms with Gasteiger partial charge in [-0.1, -0.05) is 35.7 Å². The normalized spacial score (nSPS) is 10.6. The number of hydrogen-bond acceptors (Lipinski definition) is 4. The number of hydrogen-bond donors (Lipinski definition) is 1. The van der Waals surface area contributed by atoms with E-state index in [1.165, 1.54) is 4.80 Å². The van der Waals surface area contributed by atoms with E-state index in [4.69, 9.17) is 0 Å². The molecule has 6 nitrogen and oxygen atoms in total. The molecule has 0 saturated heterocycles. The summed E-state index contributed by atoms with van der Waals surface area (Å²) in [4.78, 5) is 13.0. The average molecular weight is 352 g/mol. The first-order valence-corrected chi connectivity index (χ1v) is 7.79. The third kappa shape index (κ3) is 4.93. The molecule has 0 radical (unpaired) electrons. The molecule has 0 aliphatic heterocycles. The summed E-state index contributed by atoms with van der Waals surface area (Å²) in [6.07, 6.45) is 3.25. The van der Waals surface area contributed by atoms with Crippen molar-refractivity contribution in [1.82, 2.24) is 25.5 Å². The fourth-order valence-corrected chi connectivity index (χ4v) is 2.08. The van der Waals surface area contributed by atoms with Gasteiger partial charge in [0.25, 0.3) is 0 Å². The highest BCUT2D eigenvalue weighted by Crippen LogP contribution is 2.17. The van der Waals surface area contributed by atoms with Crippen LogP contribution in [0.5, 0.6) is 0 Å². The molecule has 0 aliphatic carbocycles. The first-order chi connectivity index (χ1) is 10.2. The van der Waals surface area contributed by atoms with Crippen molar-refractivity contribution in [2.75, 3.05) is 6.54 Å². The largest absolute Gasteiger partial charge is 0.354 e. The molecule has 2 aromatic rings. The van der Waals surface area contributed by atoms with Crippen molar-refractivity contribution in [2.45, 2.75) is 32.7 Å². The number of carbonyl (C=O) groups is 1. The predicted molar refractivity (Wildman–Crippen MR) is 83.5 cm³/mol. The summed E-state index contributed by atoms with van der Waals surface area (Å²) in [7, 11) is 0. The monoisotopic (exact) mass is 351 g/mol. The molecule has 2 rings (SSSR count). The Kier molecular flexibility index (Phi) is 5.86.